The van der Waals surface area contributed by atoms with Gasteiger partial charge in [0.05, 0.1) is 16.7 Å². The van der Waals surface area contributed by atoms with E-state index in [0.717, 1.165) is 0 Å². The molecule has 0 bridgehead atoms. The van der Waals surface area contributed by atoms with Crippen molar-refractivity contribution >= 4 is 81.3 Å². The summed E-state index contributed by atoms with van der Waals surface area (Å²) < 4.78 is 25.6. The minimum absolute atomic E-state index is 0. The molecule has 1 atom stereocenters. The fourth-order valence-corrected chi connectivity index (χ4v) is 3.27. The summed E-state index contributed by atoms with van der Waals surface area (Å²) in [4.78, 5) is 11.3. The van der Waals surface area contributed by atoms with E-state index in [9.17, 15) is 14.0 Å². The first-order chi connectivity index (χ1) is 10.5. The van der Waals surface area contributed by atoms with E-state index >= 15 is 0 Å². The summed E-state index contributed by atoms with van der Waals surface area (Å²) in [5, 5.41) is 10.2. The number of aromatic nitrogens is 3. The number of pyridine rings is 1. The van der Waals surface area contributed by atoms with Crippen LogP contribution in [-0.4, -0.2) is 83.7 Å². The van der Waals surface area contributed by atoms with E-state index in [-0.39, 0.29) is 75.8 Å². The summed E-state index contributed by atoms with van der Waals surface area (Å²) in [6, 6.07) is 4.16. The van der Waals surface area contributed by atoms with Crippen molar-refractivity contribution in [3.63, 3.8) is 0 Å². The van der Waals surface area contributed by atoms with Crippen molar-refractivity contribution in [2.24, 2.45) is 0 Å². The number of H-pyrrole nitrogens is 1. The van der Waals surface area contributed by atoms with Gasteiger partial charge in [-0.15, -0.1) is 0 Å². The predicted octanol–water partition coefficient (Wildman–Crippen LogP) is 1.43. The monoisotopic (exact) mass is 367 g/mol. The Morgan fingerprint density at radius 1 is 1.29 bits per heavy atom. The Balaban J connectivity index is 0.00000144. The zero-order valence-electron chi connectivity index (χ0n) is 12.1. The first kappa shape index (κ1) is 21.9. The molecule has 0 radical (unpaired) electrons. The number of hydrogen-bond acceptors (Lipinski definition) is 4. The first-order valence-corrected chi connectivity index (χ1v) is 7.95. The van der Waals surface area contributed by atoms with Crippen LogP contribution in [0.15, 0.2) is 29.6 Å². The molecule has 0 amide bonds. The van der Waals surface area contributed by atoms with Gasteiger partial charge in [0.15, 0.2) is 5.75 Å². The van der Waals surface area contributed by atoms with Crippen LogP contribution in [0.25, 0.3) is 11.0 Å². The molecule has 2 aromatic heterocycles. The standard InChI is InChI=1S/C15H14FN3O2S.2Na.2H/c1-8-6-17-13(9(2)14(8)20)7-22(21)15-18-11-4-3-10(16)5-12(11)19-15;;;;/h3-6H,7H2,1-2H3,(H,17,20)(H,18,19);;;;. The van der Waals surface area contributed by atoms with Crippen LogP contribution < -0.4 is 0 Å². The number of imidazole rings is 1. The molecule has 24 heavy (non-hydrogen) atoms. The van der Waals surface area contributed by atoms with Crippen molar-refractivity contribution in [1.29, 1.82) is 0 Å². The van der Waals surface area contributed by atoms with Crippen LogP contribution in [0.1, 0.15) is 16.8 Å². The SMILES string of the molecule is Cc1cnc(C[S+]([O-])c2nc3cc(F)ccc3[nH]2)c(C)c1O.[NaH].[NaH]. The van der Waals surface area contributed by atoms with Crippen molar-refractivity contribution < 1.29 is 14.0 Å². The molecule has 0 aliphatic heterocycles. The molecule has 1 aromatic carbocycles. The number of rotatable bonds is 3. The molecule has 3 aromatic rings. The van der Waals surface area contributed by atoms with Crippen LogP contribution >= 0.6 is 0 Å². The number of aromatic amines is 1. The summed E-state index contributed by atoms with van der Waals surface area (Å²) >= 11 is -1.46. The summed E-state index contributed by atoms with van der Waals surface area (Å²) in [7, 11) is 0. The molecule has 0 saturated carbocycles. The summed E-state index contributed by atoms with van der Waals surface area (Å²) in [5.74, 6) is -0.104. The molecule has 0 saturated heterocycles. The van der Waals surface area contributed by atoms with Crippen LogP contribution in [0.4, 0.5) is 4.39 Å². The van der Waals surface area contributed by atoms with Crippen molar-refractivity contribution in [3.05, 3.63) is 47.0 Å². The summed E-state index contributed by atoms with van der Waals surface area (Å²) in [5.41, 5.74) is 2.88. The second kappa shape index (κ2) is 9.00. The van der Waals surface area contributed by atoms with Crippen LogP contribution in [0, 0.1) is 19.7 Å². The van der Waals surface area contributed by atoms with E-state index in [1.165, 1.54) is 12.1 Å². The summed E-state index contributed by atoms with van der Waals surface area (Å²) in [6.45, 7) is 3.49. The maximum absolute atomic E-state index is 13.2. The van der Waals surface area contributed by atoms with E-state index in [2.05, 4.69) is 15.0 Å². The van der Waals surface area contributed by atoms with Gasteiger partial charge < -0.3 is 9.66 Å². The van der Waals surface area contributed by atoms with Crippen molar-refractivity contribution in [2.75, 3.05) is 0 Å². The first-order valence-electron chi connectivity index (χ1n) is 6.63. The topological polar surface area (TPSA) is 84.9 Å². The van der Waals surface area contributed by atoms with E-state index in [1.807, 2.05) is 0 Å². The Morgan fingerprint density at radius 2 is 2.00 bits per heavy atom. The molecule has 3 rings (SSSR count). The molecule has 0 fully saturated rings. The zero-order valence-corrected chi connectivity index (χ0v) is 12.9. The van der Waals surface area contributed by atoms with Gasteiger partial charge in [-0.2, -0.15) is 4.98 Å². The molecule has 0 spiro atoms. The van der Waals surface area contributed by atoms with E-state index < -0.39 is 17.0 Å². The third kappa shape index (κ3) is 4.53. The van der Waals surface area contributed by atoms with E-state index in [0.29, 0.717) is 27.9 Å². The van der Waals surface area contributed by atoms with E-state index in [4.69, 9.17) is 0 Å². The molecule has 9 heteroatoms. The zero-order chi connectivity index (χ0) is 15.9. The molecule has 1 unspecified atom stereocenters. The van der Waals surface area contributed by atoms with Crippen LogP contribution in [0.2, 0.25) is 0 Å². The van der Waals surface area contributed by atoms with Gasteiger partial charge >= 0.3 is 64.3 Å². The number of nitrogens with one attached hydrogen (secondary N) is 1. The average Bonchev–Trinajstić information content (AvgIpc) is 2.91. The Morgan fingerprint density at radius 3 is 2.71 bits per heavy atom. The van der Waals surface area contributed by atoms with Gasteiger partial charge in [0.2, 0.25) is 0 Å². The van der Waals surface area contributed by atoms with Gasteiger partial charge in [0.25, 0.3) is 0 Å². The number of aromatic hydroxyl groups is 1. The van der Waals surface area contributed by atoms with Crippen LogP contribution in [0.5, 0.6) is 5.75 Å². The number of benzene rings is 1. The number of aryl methyl sites for hydroxylation is 1. The molecule has 2 heterocycles. The number of hydrogen-bond donors (Lipinski definition) is 2. The molecule has 2 N–H and O–H groups in total. The minimum atomic E-state index is -1.46. The number of fused-ring (bicyclic) bond motifs is 1. The third-order valence-corrected chi connectivity index (χ3v) is 4.64. The fraction of sp³-hybridized carbons (Fsp3) is 0.200. The fourth-order valence-electron chi connectivity index (χ4n) is 2.17. The second-order valence-corrected chi connectivity index (χ2v) is 6.42. The molecule has 118 valence electrons. The number of nitrogens with zero attached hydrogens (tertiary/aromatic N) is 2. The van der Waals surface area contributed by atoms with Crippen molar-refractivity contribution in [1.82, 2.24) is 15.0 Å². The van der Waals surface area contributed by atoms with Gasteiger partial charge in [-0.3, -0.25) is 9.97 Å². The molecular weight excluding hydrogens is 351 g/mol. The quantitative estimate of drug-likeness (QED) is 0.542. The van der Waals surface area contributed by atoms with Gasteiger partial charge in [-0.05, 0) is 26.0 Å². The Bertz CT molecular complexity index is 860. The Kier molecular flexibility index (Phi) is 8.22. The second-order valence-electron chi connectivity index (χ2n) is 5.05. The Labute approximate surface area is 186 Å². The molecule has 0 aliphatic carbocycles. The molecule has 0 aliphatic rings. The van der Waals surface area contributed by atoms with Crippen LogP contribution in [0.3, 0.4) is 0 Å². The third-order valence-electron chi connectivity index (χ3n) is 3.48. The van der Waals surface area contributed by atoms with E-state index in [1.54, 1.807) is 26.1 Å². The average molecular weight is 367 g/mol. The Hall–Kier alpha value is -0.120. The van der Waals surface area contributed by atoms with Gasteiger partial charge in [-0.1, -0.05) is 0 Å². The molecule has 5 nitrogen and oxygen atoms in total. The predicted molar refractivity (Wildman–Crippen MR) is 95.8 cm³/mol. The van der Waals surface area contributed by atoms with Gasteiger partial charge in [-0.25, -0.2) is 4.39 Å². The van der Waals surface area contributed by atoms with Crippen LogP contribution in [-0.2, 0) is 16.9 Å². The van der Waals surface area contributed by atoms with Gasteiger partial charge in [0.1, 0.15) is 11.6 Å². The maximum atomic E-state index is 13.2. The normalized spacial score (nSPS) is 11.7. The molecular formula is C15H16FN3Na2O2S. The summed E-state index contributed by atoms with van der Waals surface area (Å²) in [6.07, 6.45) is 1.54. The van der Waals surface area contributed by atoms with Crippen molar-refractivity contribution in [2.45, 2.75) is 24.8 Å². The number of halogens is 1. The van der Waals surface area contributed by atoms with Gasteiger partial charge in [0, 0.05) is 34.6 Å². The van der Waals surface area contributed by atoms with Crippen molar-refractivity contribution in [3.8, 4) is 5.75 Å².